The first kappa shape index (κ1) is 17.9. The van der Waals surface area contributed by atoms with Gasteiger partial charge in [0, 0.05) is 5.57 Å². The van der Waals surface area contributed by atoms with Gasteiger partial charge in [-0.2, -0.15) is 22.0 Å². The van der Waals surface area contributed by atoms with Gasteiger partial charge in [0.15, 0.2) is 0 Å². The highest BCUT2D eigenvalue weighted by molar-refractivity contribution is 5.87. The molecule has 0 bridgehead atoms. The van der Waals surface area contributed by atoms with Crippen LogP contribution in [-0.4, -0.2) is 18.3 Å². The summed E-state index contributed by atoms with van der Waals surface area (Å²) in [6.45, 7) is 5.17. The predicted octanol–water partition coefficient (Wildman–Crippen LogP) is 4.60. The minimum atomic E-state index is -5.91. The van der Waals surface area contributed by atoms with Crippen LogP contribution in [0.15, 0.2) is 12.2 Å². The molecule has 0 aliphatic heterocycles. The van der Waals surface area contributed by atoms with E-state index in [1.54, 1.807) is 0 Å². The summed E-state index contributed by atoms with van der Waals surface area (Å²) in [5.74, 6) is -1.71. The number of esters is 1. The van der Waals surface area contributed by atoms with Gasteiger partial charge < -0.3 is 4.74 Å². The van der Waals surface area contributed by atoms with Crippen molar-refractivity contribution in [2.75, 3.05) is 0 Å². The van der Waals surface area contributed by atoms with E-state index in [9.17, 15) is 26.7 Å². The van der Waals surface area contributed by atoms with Gasteiger partial charge in [0.1, 0.15) is 0 Å². The molecule has 0 unspecified atom stereocenters. The molecule has 0 radical (unpaired) electrons. The maximum Gasteiger partial charge on any atom is 0.501 e. The normalized spacial score (nSPS) is 12.3. The third-order valence-corrected chi connectivity index (χ3v) is 2.42. The Labute approximate surface area is 108 Å². The van der Waals surface area contributed by atoms with E-state index in [-0.39, 0.29) is 12.0 Å². The van der Waals surface area contributed by atoms with E-state index in [1.165, 1.54) is 0 Å². The molecule has 0 spiro atoms. The highest BCUT2D eigenvalue weighted by Crippen LogP contribution is 2.36. The molecular weight excluding hydrogens is 271 g/mol. The summed E-state index contributed by atoms with van der Waals surface area (Å²) >= 11 is 0. The van der Waals surface area contributed by atoms with Gasteiger partial charge in [-0.3, -0.25) is 0 Å². The van der Waals surface area contributed by atoms with Crippen molar-refractivity contribution < 1.29 is 31.5 Å². The molecule has 0 fully saturated rings. The van der Waals surface area contributed by atoms with Crippen LogP contribution in [-0.2, 0) is 9.53 Å². The van der Waals surface area contributed by atoms with Gasteiger partial charge in [-0.05, 0) is 12.8 Å². The van der Waals surface area contributed by atoms with Crippen LogP contribution in [0.1, 0.15) is 45.4 Å². The van der Waals surface area contributed by atoms with Crippen molar-refractivity contribution in [1.82, 2.24) is 0 Å². The van der Waals surface area contributed by atoms with Gasteiger partial charge in [0.2, 0.25) is 0 Å². The molecule has 112 valence electrons. The zero-order chi connectivity index (χ0) is 15.1. The number of rotatable bonds is 8. The third kappa shape index (κ3) is 6.54. The first-order valence-corrected chi connectivity index (χ1v) is 5.97. The Balaban J connectivity index is 4.11. The van der Waals surface area contributed by atoms with Gasteiger partial charge >= 0.3 is 18.3 Å². The Morgan fingerprint density at radius 3 is 2.05 bits per heavy atom. The second-order valence-corrected chi connectivity index (χ2v) is 4.17. The molecule has 0 amide bonds. The lowest BCUT2D eigenvalue weighted by Crippen LogP contribution is -2.41. The molecule has 2 nitrogen and oxygen atoms in total. The van der Waals surface area contributed by atoms with Gasteiger partial charge in [0.05, 0.1) is 0 Å². The van der Waals surface area contributed by atoms with Crippen LogP contribution in [0.4, 0.5) is 22.0 Å². The fourth-order valence-electron chi connectivity index (χ4n) is 1.29. The van der Waals surface area contributed by atoms with Gasteiger partial charge in [-0.25, -0.2) is 4.79 Å². The summed E-state index contributed by atoms with van der Waals surface area (Å²) in [5, 5.41) is 0. The second-order valence-electron chi connectivity index (χ2n) is 4.17. The molecule has 0 aliphatic rings. The number of ether oxygens (including phenoxy) is 1. The number of unbranched alkanes of at least 4 members (excludes halogenated alkanes) is 4. The number of carbonyl (C=O) groups is 1. The zero-order valence-electron chi connectivity index (χ0n) is 10.7. The quantitative estimate of drug-likeness (QED) is 0.282. The molecule has 0 heterocycles. The summed E-state index contributed by atoms with van der Waals surface area (Å²) in [6, 6.07) is 0. The average Bonchev–Trinajstić information content (AvgIpc) is 2.26. The summed E-state index contributed by atoms with van der Waals surface area (Å²) in [5.41, 5.74) is -0.375. The van der Waals surface area contributed by atoms with Crippen molar-refractivity contribution in [2.24, 2.45) is 0 Å². The van der Waals surface area contributed by atoms with E-state index in [1.807, 2.05) is 6.92 Å². The number of hydrogen-bond donors (Lipinski definition) is 0. The fourth-order valence-corrected chi connectivity index (χ4v) is 1.29. The number of hydrogen-bond acceptors (Lipinski definition) is 2. The number of alkyl halides is 5. The van der Waals surface area contributed by atoms with Gasteiger partial charge in [-0.15, -0.1) is 0 Å². The third-order valence-electron chi connectivity index (χ3n) is 2.42. The lowest BCUT2D eigenvalue weighted by atomic mass is 10.1. The summed E-state index contributed by atoms with van der Waals surface area (Å²) in [4.78, 5) is 11.0. The van der Waals surface area contributed by atoms with E-state index in [4.69, 9.17) is 0 Å². The molecule has 19 heavy (non-hydrogen) atoms. The van der Waals surface area contributed by atoms with Crippen molar-refractivity contribution in [3.05, 3.63) is 12.2 Å². The molecular formula is C12H17F5O2. The lowest BCUT2D eigenvalue weighted by Gasteiger charge is -2.19. The van der Waals surface area contributed by atoms with Crippen LogP contribution in [0.2, 0.25) is 0 Å². The van der Waals surface area contributed by atoms with Crippen LogP contribution in [0.5, 0.6) is 0 Å². The van der Waals surface area contributed by atoms with E-state index in [0.29, 0.717) is 6.42 Å². The SMILES string of the molecule is C=C(CCCCCCC)C(=O)OC(F)(F)C(F)(F)F. The Bertz CT molecular complexity index is 310. The van der Waals surface area contributed by atoms with Gasteiger partial charge in [0.25, 0.3) is 0 Å². The highest BCUT2D eigenvalue weighted by Gasteiger charge is 2.62. The standard InChI is InChI=1S/C12H17F5O2/c1-3-4-5-6-7-8-9(2)10(18)19-12(16,17)11(13,14)15/h2-8H2,1H3. The van der Waals surface area contributed by atoms with E-state index >= 15 is 0 Å². The Hall–Kier alpha value is -1.14. The van der Waals surface area contributed by atoms with Crippen LogP contribution in [0.3, 0.4) is 0 Å². The van der Waals surface area contributed by atoms with Crippen LogP contribution in [0.25, 0.3) is 0 Å². The lowest BCUT2D eigenvalue weighted by molar-refractivity contribution is -0.375. The van der Waals surface area contributed by atoms with Crippen molar-refractivity contribution >= 4 is 5.97 Å². The van der Waals surface area contributed by atoms with Crippen LogP contribution < -0.4 is 0 Å². The monoisotopic (exact) mass is 288 g/mol. The predicted molar refractivity (Wildman–Crippen MR) is 59.6 cm³/mol. The molecule has 7 heteroatoms. The summed E-state index contributed by atoms with van der Waals surface area (Å²) < 4.78 is 63.4. The van der Waals surface area contributed by atoms with Crippen LogP contribution in [0, 0.1) is 0 Å². The first-order valence-electron chi connectivity index (χ1n) is 5.97. The molecule has 0 N–H and O–H groups in total. The van der Waals surface area contributed by atoms with Gasteiger partial charge in [-0.1, -0.05) is 39.2 Å². The topological polar surface area (TPSA) is 26.3 Å². The average molecular weight is 288 g/mol. The molecule has 0 saturated carbocycles. The molecule has 0 rings (SSSR count). The summed E-state index contributed by atoms with van der Waals surface area (Å²) in [7, 11) is 0. The number of halogens is 5. The Morgan fingerprint density at radius 1 is 1.05 bits per heavy atom. The molecule has 0 saturated heterocycles. The molecule has 0 aliphatic carbocycles. The molecule has 0 aromatic carbocycles. The maximum absolute atomic E-state index is 12.4. The summed E-state index contributed by atoms with van der Waals surface area (Å²) in [6.07, 6.45) is -7.14. The van der Waals surface area contributed by atoms with E-state index in [0.717, 1.165) is 25.7 Å². The maximum atomic E-state index is 12.4. The van der Waals surface area contributed by atoms with Crippen molar-refractivity contribution in [2.45, 2.75) is 57.7 Å². The minimum Gasteiger partial charge on any atom is -0.390 e. The smallest absolute Gasteiger partial charge is 0.390 e. The van der Waals surface area contributed by atoms with Crippen molar-refractivity contribution in [3.8, 4) is 0 Å². The zero-order valence-corrected chi connectivity index (χ0v) is 10.7. The van der Waals surface area contributed by atoms with Crippen LogP contribution >= 0.6 is 0 Å². The molecule has 0 aromatic heterocycles. The number of carbonyl (C=O) groups excluding carboxylic acids is 1. The van der Waals surface area contributed by atoms with Crippen molar-refractivity contribution in [1.29, 1.82) is 0 Å². The van der Waals surface area contributed by atoms with E-state index in [2.05, 4.69) is 11.3 Å². The fraction of sp³-hybridized carbons (Fsp3) is 0.750. The Kier molecular flexibility index (Phi) is 7.00. The first-order chi connectivity index (χ1) is 8.62. The molecule has 0 atom stereocenters. The van der Waals surface area contributed by atoms with E-state index < -0.39 is 18.3 Å². The Morgan fingerprint density at radius 2 is 1.58 bits per heavy atom. The largest absolute Gasteiger partial charge is 0.501 e. The minimum absolute atomic E-state index is 0.0521. The van der Waals surface area contributed by atoms with Crippen molar-refractivity contribution in [3.63, 3.8) is 0 Å². The second kappa shape index (κ2) is 7.45. The molecule has 0 aromatic rings. The highest BCUT2D eigenvalue weighted by atomic mass is 19.4.